The van der Waals surface area contributed by atoms with Crippen LogP contribution in [0.15, 0.2) is 0 Å². The second-order valence-corrected chi connectivity index (χ2v) is 0.734. The molecular weight excluding hydrogens is 76.1 g/mol. The minimum Gasteiger partial charge on any atom is -0.450 e. The molecule has 0 amide bonds. The topological polar surface area (TPSA) is 9.23 Å². The second-order valence-electron chi connectivity index (χ2n) is 0.734. The van der Waals surface area contributed by atoms with Gasteiger partial charge in [0.25, 0.3) is 0 Å². The molecule has 0 aliphatic carbocycles. The van der Waals surface area contributed by atoms with Crippen molar-refractivity contribution in [3.8, 4) is 12.0 Å². The van der Waals surface area contributed by atoms with Gasteiger partial charge in [-0.2, -0.15) is 0 Å². The Morgan fingerprint density at radius 2 is 2.83 bits per heavy atom. The second kappa shape index (κ2) is 4.36. The largest absolute Gasteiger partial charge is 0.450 e. The molecule has 0 radical (unpaired) electrons. The Hall–Kier alpha value is -0.640. The number of methoxy groups -OCH3 is 1. The van der Waals surface area contributed by atoms with E-state index in [0.29, 0.717) is 6.42 Å². The molecule has 0 aliphatic heterocycles. The number of hydrogen-bond acceptors (Lipinski definition) is 1. The van der Waals surface area contributed by atoms with Gasteiger partial charge in [-0.25, -0.2) is 0 Å². The Labute approximate surface area is 42.5 Å². The molecule has 34 valence electrons. The summed E-state index contributed by atoms with van der Waals surface area (Å²) in [5, 5.41) is 0. The highest BCUT2D eigenvalue weighted by Gasteiger charge is 1.55. The molecule has 1 heteroatoms. The van der Waals surface area contributed by atoms with Gasteiger partial charge in [0.05, 0.1) is 11.2 Å². The van der Waals surface area contributed by atoms with Crippen molar-refractivity contribution in [1.82, 2.24) is 0 Å². The molecule has 0 aliphatic rings. The predicted octanol–water partition coefficient (Wildman–Crippen LogP) is 1.00. The van der Waals surface area contributed by atoms with E-state index in [2.05, 4.69) is 16.8 Å². The fourth-order valence-electron chi connectivity index (χ4n) is 0.108. The van der Waals surface area contributed by atoms with Crippen LogP contribution in [0.2, 0.25) is 0 Å². The highest BCUT2D eigenvalue weighted by Crippen LogP contribution is 1.64. The lowest BCUT2D eigenvalue weighted by Crippen LogP contribution is -1.62. The SMILES string of the molecule is [2H]C([2H])([2H])OC#CCC. The van der Waals surface area contributed by atoms with Crippen LogP contribution in [0.1, 0.15) is 17.5 Å². The lowest BCUT2D eigenvalue weighted by Gasteiger charge is -1.72. The summed E-state index contributed by atoms with van der Waals surface area (Å²) in [6, 6.07) is 0. The maximum Gasteiger partial charge on any atom is 0.109 e. The first-order valence-corrected chi connectivity index (χ1v) is 1.72. The van der Waals surface area contributed by atoms with Crippen LogP contribution in [0.5, 0.6) is 0 Å². The zero-order chi connectivity index (χ0) is 7.33. The summed E-state index contributed by atoms with van der Waals surface area (Å²) in [5.41, 5.74) is 0. The minimum absolute atomic E-state index is 0.607. The van der Waals surface area contributed by atoms with Crippen LogP contribution < -0.4 is 0 Å². The van der Waals surface area contributed by atoms with E-state index in [0.717, 1.165) is 0 Å². The predicted molar refractivity (Wildman–Crippen MR) is 25.1 cm³/mol. The Bertz CT molecular complexity index is 127. The molecule has 0 aromatic rings. The average molecular weight is 87.1 g/mol. The van der Waals surface area contributed by atoms with E-state index in [9.17, 15) is 0 Å². The molecule has 0 saturated carbocycles. The number of rotatable bonds is 0. The van der Waals surface area contributed by atoms with Crippen molar-refractivity contribution < 1.29 is 8.85 Å². The van der Waals surface area contributed by atoms with Crippen LogP contribution in [-0.2, 0) is 4.74 Å². The van der Waals surface area contributed by atoms with E-state index >= 15 is 0 Å². The van der Waals surface area contributed by atoms with Crippen molar-refractivity contribution >= 4 is 0 Å². The van der Waals surface area contributed by atoms with Crippen molar-refractivity contribution in [3.63, 3.8) is 0 Å². The van der Waals surface area contributed by atoms with Gasteiger partial charge in [0.1, 0.15) is 6.11 Å². The van der Waals surface area contributed by atoms with Gasteiger partial charge in [-0.1, -0.05) is 12.8 Å². The van der Waals surface area contributed by atoms with Crippen LogP contribution in [0.25, 0.3) is 0 Å². The smallest absolute Gasteiger partial charge is 0.109 e. The van der Waals surface area contributed by atoms with Gasteiger partial charge in [-0.3, -0.25) is 0 Å². The highest BCUT2D eigenvalue weighted by molar-refractivity contribution is 4.88. The molecule has 0 aromatic heterocycles. The summed E-state index contributed by atoms with van der Waals surface area (Å²) in [6.07, 6.45) is 2.67. The van der Waals surface area contributed by atoms with Gasteiger partial charge in [0.2, 0.25) is 0 Å². The Balaban J connectivity index is 3.50. The highest BCUT2D eigenvalue weighted by atomic mass is 16.5. The molecule has 0 bridgehead atoms. The van der Waals surface area contributed by atoms with E-state index < -0.39 is 7.04 Å². The molecule has 0 atom stereocenters. The third-order valence-corrected chi connectivity index (χ3v) is 0.300. The summed E-state index contributed by atoms with van der Waals surface area (Å²) < 4.78 is 23.7. The van der Waals surface area contributed by atoms with Crippen LogP contribution in [-0.4, -0.2) is 7.04 Å². The van der Waals surface area contributed by atoms with Gasteiger partial charge < -0.3 is 4.74 Å². The number of ether oxygens (including phenoxy) is 1. The Morgan fingerprint density at radius 1 is 2.00 bits per heavy atom. The minimum atomic E-state index is -2.37. The van der Waals surface area contributed by atoms with Crippen molar-refractivity contribution in [2.24, 2.45) is 0 Å². The quantitative estimate of drug-likeness (QED) is 0.400. The molecule has 0 spiro atoms. The van der Waals surface area contributed by atoms with E-state index in [1.165, 1.54) is 0 Å². The summed E-state index contributed by atoms with van der Waals surface area (Å²) >= 11 is 0. The first kappa shape index (κ1) is 1.88. The Kier molecular flexibility index (Phi) is 1.37. The Morgan fingerprint density at radius 3 is 3.33 bits per heavy atom. The van der Waals surface area contributed by atoms with Gasteiger partial charge >= 0.3 is 0 Å². The maximum absolute atomic E-state index is 6.52. The van der Waals surface area contributed by atoms with Crippen molar-refractivity contribution in [3.05, 3.63) is 0 Å². The third kappa shape index (κ3) is 3.36. The monoisotopic (exact) mass is 87.1 g/mol. The van der Waals surface area contributed by atoms with E-state index in [1.54, 1.807) is 0 Å². The molecule has 0 rings (SSSR count). The molecular formula is C5H8O. The summed E-state index contributed by atoms with van der Waals surface area (Å²) in [6.45, 7) is 1.82. The van der Waals surface area contributed by atoms with Crippen molar-refractivity contribution in [1.29, 1.82) is 0 Å². The van der Waals surface area contributed by atoms with E-state index in [-0.39, 0.29) is 0 Å². The number of hydrogen-bond donors (Lipinski definition) is 0. The average Bonchev–Trinajstić information content (AvgIpc) is 1.63. The first-order chi connectivity index (χ1) is 4.06. The normalized spacial score (nSPS) is 15.2. The van der Waals surface area contributed by atoms with Crippen LogP contribution in [0.4, 0.5) is 0 Å². The summed E-state index contributed by atoms with van der Waals surface area (Å²) in [4.78, 5) is 0. The van der Waals surface area contributed by atoms with E-state index in [1.807, 2.05) is 6.92 Å². The molecule has 0 saturated heterocycles. The van der Waals surface area contributed by atoms with Crippen LogP contribution >= 0.6 is 0 Å². The lowest BCUT2D eigenvalue weighted by atomic mass is 10.5. The molecule has 0 unspecified atom stereocenters. The fraction of sp³-hybridized carbons (Fsp3) is 0.600. The lowest BCUT2D eigenvalue weighted by molar-refractivity contribution is 0.371. The van der Waals surface area contributed by atoms with Gasteiger partial charge in [-0.05, 0) is 0 Å². The van der Waals surface area contributed by atoms with Crippen molar-refractivity contribution in [2.75, 3.05) is 7.04 Å². The molecule has 1 nitrogen and oxygen atoms in total. The fourth-order valence-corrected chi connectivity index (χ4v) is 0.108. The summed E-state index contributed by atoms with van der Waals surface area (Å²) in [5.74, 6) is 2.47. The molecule has 0 aromatic carbocycles. The van der Waals surface area contributed by atoms with Crippen LogP contribution in [0, 0.1) is 12.0 Å². The van der Waals surface area contributed by atoms with Gasteiger partial charge in [-0.15, -0.1) is 0 Å². The zero-order valence-electron chi connectivity index (χ0n) is 6.62. The third-order valence-electron chi connectivity index (χ3n) is 0.300. The van der Waals surface area contributed by atoms with Crippen LogP contribution in [0.3, 0.4) is 0 Å². The molecule has 0 heterocycles. The summed E-state index contributed by atoms with van der Waals surface area (Å²) in [7, 11) is -2.37. The van der Waals surface area contributed by atoms with E-state index in [4.69, 9.17) is 4.11 Å². The zero-order valence-corrected chi connectivity index (χ0v) is 3.62. The van der Waals surface area contributed by atoms with Gasteiger partial charge in [0.15, 0.2) is 0 Å². The standard InChI is InChI=1S/C5H8O/c1-3-4-5-6-2/h3H2,1-2H3/i2D3. The molecule has 0 fully saturated rings. The van der Waals surface area contributed by atoms with Gasteiger partial charge in [0, 0.05) is 6.42 Å². The molecule has 6 heavy (non-hydrogen) atoms. The van der Waals surface area contributed by atoms with Crippen molar-refractivity contribution in [2.45, 2.75) is 13.3 Å². The maximum atomic E-state index is 6.52. The first-order valence-electron chi connectivity index (χ1n) is 3.22. The molecule has 0 N–H and O–H groups in total.